The van der Waals surface area contributed by atoms with Crippen LogP contribution in [0, 0.1) is 5.82 Å². The highest BCUT2D eigenvalue weighted by Crippen LogP contribution is 2.17. The second-order valence-electron chi connectivity index (χ2n) is 4.73. The first kappa shape index (κ1) is 16.5. The minimum atomic E-state index is -0.314. The van der Waals surface area contributed by atoms with Crippen LogP contribution in [0.5, 0.6) is 0 Å². The van der Waals surface area contributed by atoms with Crippen molar-refractivity contribution in [1.29, 1.82) is 0 Å². The van der Waals surface area contributed by atoms with Gasteiger partial charge >= 0.3 is 0 Å². The SMILES string of the molecule is O=C(Nc1nncs1)c1ccc(NCc2ccc(Br)c(F)c2)nc1. The number of hydrogen-bond acceptors (Lipinski definition) is 6. The van der Waals surface area contributed by atoms with Crippen LogP contribution >= 0.6 is 27.3 Å². The van der Waals surface area contributed by atoms with E-state index in [1.165, 1.54) is 29.1 Å². The van der Waals surface area contributed by atoms with E-state index in [0.717, 1.165) is 5.56 Å². The van der Waals surface area contributed by atoms with Crippen LogP contribution in [0.1, 0.15) is 15.9 Å². The molecule has 3 rings (SSSR count). The summed E-state index contributed by atoms with van der Waals surface area (Å²) in [6.45, 7) is 0.424. The molecule has 24 heavy (non-hydrogen) atoms. The summed E-state index contributed by atoms with van der Waals surface area (Å²) in [7, 11) is 0. The van der Waals surface area contributed by atoms with Crippen molar-refractivity contribution in [3.05, 3.63) is 63.5 Å². The van der Waals surface area contributed by atoms with E-state index < -0.39 is 0 Å². The predicted molar refractivity (Wildman–Crippen MR) is 93.5 cm³/mol. The Morgan fingerprint density at radius 3 is 2.83 bits per heavy atom. The number of pyridine rings is 1. The molecule has 0 unspecified atom stereocenters. The molecule has 0 aliphatic carbocycles. The van der Waals surface area contributed by atoms with Gasteiger partial charge in [-0.25, -0.2) is 9.37 Å². The van der Waals surface area contributed by atoms with Crippen LogP contribution in [-0.2, 0) is 6.54 Å². The van der Waals surface area contributed by atoms with Crippen LogP contribution in [0.4, 0.5) is 15.3 Å². The number of aromatic nitrogens is 3. The van der Waals surface area contributed by atoms with Crippen molar-refractivity contribution < 1.29 is 9.18 Å². The molecule has 2 aromatic heterocycles. The van der Waals surface area contributed by atoms with Gasteiger partial charge < -0.3 is 5.32 Å². The zero-order valence-corrected chi connectivity index (χ0v) is 14.6. The van der Waals surface area contributed by atoms with Crippen molar-refractivity contribution in [2.45, 2.75) is 6.54 Å². The number of halogens is 2. The number of rotatable bonds is 5. The van der Waals surface area contributed by atoms with Gasteiger partial charge in [0.2, 0.25) is 5.13 Å². The van der Waals surface area contributed by atoms with Gasteiger partial charge in [-0.2, -0.15) is 0 Å². The third-order valence-electron chi connectivity index (χ3n) is 3.06. The Bertz CT molecular complexity index is 842. The first-order chi connectivity index (χ1) is 11.6. The molecule has 2 N–H and O–H groups in total. The van der Waals surface area contributed by atoms with Crippen LogP contribution in [0.25, 0.3) is 0 Å². The fraction of sp³-hybridized carbons (Fsp3) is 0.0667. The van der Waals surface area contributed by atoms with Crippen molar-refractivity contribution in [3.63, 3.8) is 0 Å². The van der Waals surface area contributed by atoms with E-state index in [1.54, 1.807) is 18.2 Å². The summed E-state index contributed by atoms with van der Waals surface area (Å²) in [5.74, 6) is -0.0301. The maximum absolute atomic E-state index is 13.5. The number of benzene rings is 1. The largest absolute Gasteiger partial charge is 0.366 e. The molecule has 1 amide bonds. The van der Waals surface area contributed by atoms with E-state index in [9.17, 15) is 9.18 Å². The van der Waals surface area contributed by atoms with Gasteiger partial charge in [0, 0.05) is 12.7 Å². The minimum Gasteiger partial charge on any atom is -0.366 e. The number of nitrogens with zero attached hydrogens (tertiary/aromatic N) is 3. The highest BCUT2D eigenvalue weighted by molar-refractivity contribution is 9.10. The quantitative estimate of drug-likeness (QED) is 0.673. The van der Waals surface area contributed by atoms with Crippen LogP contribution in [0.2, 0.25) is 0 Å². The van der Waals surface area contributed by atoms with E-state index in [-0.39, 0.29) is 11.7 Å². The molecule has 0 radical (unpaired) electrons. The standard InChI is InChI=1S/C15H11BrFN5OS/c16-11-3-1-9(5-12(11)17)6-18-13-4-2-10(7-19-13)14(23)21-15-22-20-8-24-15/h1-5,7-8H,6H2,(H,18,19)(H,21,22,23). The van der Waals surface area contributed by atoms with E-state index in [0.29, 0.717) is 27.5 Å². The summed E-state index contributed by atoms with van der Waals surface area (Å²) < 4.78 is 13.9. The summed E-state index contributed by atoms with van der Waals surface area (Å²) in [6.07, 6.45) is 1.46. The molecule has 0 aliphatic rings. The number of amides is 1. The van der Waals surface area contributed by atoms with Crippen molar-refractivity contribution in [2.24, 2.45) is 0 Å². The zero-order valence-electron chi connectivity index (χ0n) is 12.2. The fourth-order valence-corrected chi connectivity index (χ4v) is 2.56. The molecule has 3 aromatic rings. The van der Waals surface area contributed by atoms with Crippen molar-refractivity contribution in [2.75, 3.05) is 10.6 Å². The number of carbonyl (C=O) groups is 1. The molecule has 1 aromatic carbocycles. The molecule has 0 saturated carbocycles. The summed E-state index contributed by atoms with van der Waals surface area (Å²) in [5.41, 5.74) is 2.73. The van der Waals surface area contributed by atoms with Gasteiger partial charge in [0.25, 0.3) is 5.91 Å². The van der Waals surface area contributed by atoms with Gasteiger partial charge in [-0.3, -0.25) is 10.1 Å². The maximum atomic E-state index is 13.5. The summed E-state index contributed by atoms with van der Waals surface area (Å²) >= 11 is 4.35. The molecule has 0 spiro atoms. The van der Waals surface area contributed by atoms with Crippen molar-refractivity contribution in [1.82, 2.24) is 15.2 Å². The molecular formula is C15H11BrFN5OS. The van der Waals surface area contributed by atoms with Crippen LogP contribution in [0.3, 0.4) is 0 Å². The Labute approximate surface area is 149 Å². The number of nitrogens with one attached hydrogen (secondary N) is 2. The van der Waals surface area contributed by atoms with Crippen LogP contribution in [-0.4, -0.2) is 21.1 Å². The van der Waals surface area contributed by atoms with Crippen molar-refractivity contribution >= 4 is 44.1 Å². The maximum Gasteiger partial charge on any atom is 0.259 e. The number of carbonyl (C=O) groups excluding carboxylic acids is 1. The summed E-state index contributed by atoms with van der Waals surface area (Å²) in [6, 6.07) is 8.24. The van der Waals surface area contributed by atoms with Gasteiger partial charge in [-0.1, -0.05) is 17.4 Å². The molecule has 0 aliphatic heterocycles. The van der Waals surface area contributed by atoms with E-state index in [2.05, 4.69) is 41.7 Å². The van der Waals surface area contributed by atoms with Gasteiger partial charge in [0.05, 0.1) is 10.0 Å². The first-order valence-corrected chi connectivity index (χ1v) is 8.50. The normalized spacial score (nSPS) is 10.4. The second-order valence-corrected chi connectivity index (χ2v) is 6.42. The zero-order chi connectivity index (χ0) is 16.9. The van der Waals surface area contributed by atoms with E-state index in [1.807, 2.05) is 6.07 Å². The molecular weight excluding hydrogens is 397 g/mol. The molecule has 6 nitrogen and oxygen atoms in total. The van der Waals surface area contributed by atoms with Gasteiger partial charge in [-0.15, -0.1) is 10.2 Å². The monoisotopic (exact) mass is 407 g/mol. The smallest absolute Gasteiger partial charge is 0.259 e. The van der Waals surface area contributed by atoms with Crippen molar-refractivity contribution in [3.8, 4) is 0 Å². The fourth-order valence-electron chi connectivity index (χ4n) is 1.87. The van der Waals surface area contributed by atoms with Gasteiger partial charge in [0.1, 0.15) is 17.1 Å². The Morgan fingerprint density at radius 2 is 2.17 bits per heavy atom. The highest BCUT2D eigenvalue weighted by atomic mass is 79.9. The number of hydrogen-bond donors (Lipinski definition) is 2. The lowest BCUT2D eigenvalue weighted by Crippen LogP contribution is -2.12. The Hall–Kier alpha value is -2.39. The van der Waals surface area contributed by atoms with Crippen LogP contribution in [0.15, 0.2) is 46.5 Å². The van der Waals surface area contributed by atoms with Crippen LogP contribution < -0.4 is 10.6 Å². The molecule has 0 fully saturated rings. The van der Waals surface area contributed by atoms with E-state index >= 15 is 0 Å². The molecule has 9 heteroatoms. The first-order valence-electron chi connectivity index (χ1n) is 6.83. The molecule has 0 bridgehead atoms. The minimum absolute atomic E-state index is 0.305. The summed E-state index contributed by atoms with van der Waals surface area (Å²) in [4.78, 5) is 16.2. The summed E-state index contributed by atoms with van der Waals surface area (Å²) in [5, 5.41) is 13.5. The Balaban J connectivity index is 1.59. The lowest BCUT2D eigenvalue weighted by molar-refractivity contribution is 0.102. The van der Waals surface area contributed by atoms with Gasteiger partial charge in [0.15, 0.2) is 0 Å². The predicted octanol–water partition coefficient (Wildman–Crippen LogP) is 3.70. The average Bonchev–Trinajstić information content (AvgIpc) is 3.09. The van der Waals surface area contributed by atoms with Gasteiger partial charge in [-0.05, 0) is 45.8 Å². The third-order valence-corrected chi connectivity index (χ3v) is 4.31. The second kappa shape index (κ2) is 7.45. The lowest BCUT2D eigenvalue weighted by Gasteiger charge is -2.07. The number of anilines is 2. The Kier molecular flexibility index (Phi) is 5.11. The van der Waals surface area contributed by atoms with E-state index in [4.69, 9.17) is 0 Å². The molecule has 2 heterocycles. The highest BCUT2D eigenvalue weighted by Gasteiger charge is 2.08. The molecule has 0 atom stereocenters. The topological polar surface area (TPSA) is 79.8 Å². The third kappa shape index (κ3) is 4.12. The lowest BCUT2D eigenvalue weighted by atomic mass is 10.2. The molecule has 0 saturated heterocycles. The molecule has 122 valence electrons. The Morgan fingerprint density at radius 1 is 1.29 bits per heavy atom. The average molecular weight is 408 g/mol.